The van der Waals surface area contributed by atoms with Gasteiger partial charge in [0, 0.05) is 13.1 Å². The molecular formula is C20H30N2O3. The van der Waals surface area contributed by atoms with Crippen molar-refractivity contribution in [1.29, 1.82) is 0 Å². The molecule has 0 spiro atoms. The monoisotopic (exact) mass is 346 g/mol. The molecule has 1 aliphatic heterocycles. The Bertz CT molecular complexity index is 553. The highest BCUT2D eigenvalue weighted by atomic mass is 16.4. The number of rotatable bonds is 8. The Morgan fingerprint density at radius 1 is 1.24 bits per heavy atom. The minimum Gasteiger partial charge on any atom is -0.480 e. The van der Waals surface area contributed by atoms with E-state index >= 15 is 0 Å². The van der Waals surface area contributed by atoms with Crippen LogP contribution in [0.5, 0.6) is 0 Å². The number of benzene rings is 1. The SMILES string of the molecule is CC[C@H](C)[C@H](NCC(=O)N1CCC(Cc2ccccc2)CC1)C(=O)O. The van der Waals surface area contributed by atoms with E-state index < -0.39 is 12.0 Å². The van der Waals surface area contributed by atoms with Gasteiger partial charge < -0.3 is 10.0 Å². The molecule has 1 aromatic carbocycles. The molecule has 0 unspecified atom stereocenters. The van der Waals surface area contributed by atoms with Gasteiger partial charge in [-0.25, -0.2) is 0 Å². The van der Waals surface area contributed by atoms with E-state index in [2.05, 4.69) is 29.6 Å². The first-order chi connectivity index (χ1) is 12.0. The third kappa shape index (κ3) is 5.85. The molecule has 5 nitrogen and oxygen atoms in total. The Labute approximate surface area is 150 Å². The molecular weight excluding hydrogens is 316 g/mol. The number of piperidine rings is 1. The van der Waals surface area contributed by atoms with Crippen LogP contribution in [-0.4, -0.2) is 47.6 Å². The molecule has 2 atom stereocenters. The van der Waals surface area contributed by atoms with Gasteiger partial charge in [0.25, 0.3) is 0 Å². The van der Waals surface area contributed by atoms with Crippen molar-refractivity contribution in [3.8, 4) is 0 Å². The summed E-state index contributed by atoms with van der Waals surface area (Å²) in [6, 6.07) is 9.81. The van der Waals surface area contributed by atoms with Crippen LogP contribution in [0.1, 0.15) is 38.7 Å². The van der Waals surface area contributed by atoms with Crippen molar-refractivity contribution < 1.29 is 14.7 Å². The zero-order chi connectivity index (χ0) is 18.2. The molecule has 0 saturated carbocycles. The zero-order valence-electron chi connectivity index (χ0n) is 15.3. The minimum atomic E-state index is -0.885. The van der Waals surface area contributed by atoms with Gasteiger partial charge in [0.2, 0.25) is 5.91 Å². The minimum absolute atomic E-state index is 0.00177. The Kier molecular flexibility index (Phi) is 7.44. The first-order valence-corrected chi connectivity index (χ1v) is 9.29. The number of hydrogen-bond donors (Lipinski definition) is 2. The highest BCUT2D eigenvalue weighted by Gasteiger charge is 2.26. The van der Waals surface area contributed by atoms with E-state index in [0.29, 0.717) is 5.92 Å². The number of nitrogens with zero attached hydrogens (tertiary/aromatic N) is 1. The molecule has 1 amide bonds. The summed E-state index contributed by atoms with van der Waals surface area (Å²) in [5.41, 5.74) is 1.35. The summed E-state index contributed by atoms with van der Waals surface area (Å²) in [6.45, 7) is 5.48. The average Bonchev–Trinajstić information content (AvgIpc) is 2.62. The van der Waals surface area contributed by atoms with Gasteiger partial charge >= 0.3 is 5.97 Å². The number of carbonyl (C=O) groups is 2. The molecule has 1 heterocycles. The van der Waals surface area contributed by atoms with Gasteiger partial charge in [-0.2, -0.15) is 0 Å². The molecule has 0 aliphatic carbocycles. The third-order valence-electron chi connectivity index (χ3n) is 5.29. The molecule has 1 aliphatic rings. The van der Waals surface area contributed by atoms with Crippen molar-refractivity contribution in [2.45, 2.75) is 45.6 Å². The molecule has 2 rings (SSSR count). The van der Waals surface area contributed by atoms with E-state index in [1.54, 1.807) is 0 Å². The fraction of sp³-hybridized carbons (Fsp3) is 0.600. The van der Waals surface area contributed by atoms with E-state index in [-0.39, 0.29) is 18.4 Å². The van der Waals surface area contributed by atoms with Crippen molar-refractivity contribution in [1.82, 2.24) is 10.2 Å². The summed E-state index contributed by atoms with van der Waals surface area (Å²) in [6.07, 6.45) is 3.85. The van der Waals surface area contributed by atoms with Gasteiger partial charge in [-0.1, -0.05) is 50.6 Å². The zero-order valence-corrected chi connectivity index (χ0v) is 15.3. The molecule has 5 heteroatoms. The van der Waals surface area contributed by atoms with Crippen LogP contribution in [0.3, 0.4) is 0 Å². The van der Waals surface area contributed by atoms with Crippen molar-refractivity contribution >= 4 is 11.9 Å². The summed E-state index contributed by atoms with van der Waals surface area (Å²) in [4.78, 5) is 25.6. The number of aliphatic carboxylic acids is 1. The first kappa shape index (κ1) is 19.4. The van der Waals surface area contributed by atoms with Gasteiger partial charge in [-0.05, 0) is 36.7 Å². The first-order valence-electron chi connectivity index (χ1n) is 9.29. The maximum Gasteiger partial charge on any atom is 0.320 e. The normalized spacial score (nSPS) is 17.9. The molecule has 138 valence electrons. The molecule has 2 N–H and O–H groups in total. The van der Waals surface area contributed by atoms with Gasteiger partial charge in [-0.3, -0.25) is 14.9 Å². The van der Waals surface area contributed by atoms with Gasteiger partial charge in [0.1, 0.15) is 6.04 Å². The topological polar surface area (TPSA) is 69.6 Å². The Hall–Kier alpha value is -1.88. The lowest BCUT2D eigenvalue weighted by molar-refractivity contribution is -0.141. The van der Waals surface area contributed by atoms with Crippen molar-refractivity contribution in [2.75, 3.05) is 19.6 Å². The quantitative estimate of drug-likeness (QED) is 0.759. The molecule has 0 bridgehead atoms. The van der Waals surface area contributed by atoms with E-state index in [1.807, 2.05) is 24.8 Å². The Balaban J connectivity index is 1.76. The van der Waals surface area contributed by atoms with Crippen LogP contribution < -0.4 is 5.32 Å². The van der Waals surface area contributed by atoms with E-state index in [4.69, 9.17) is 0 Å². The summed E-state index contributed by atoms with van der Waals surface area (Å²) >= 11 is 0. The summed E-state index contributed by atoms with van der Waals surface area (Å²) in [7, 11) is 0. The second kappa shape index (κ2) is 9.56. The van der Waals surface area contributed by atoms with Gasteiger partial charge in [0.05, 0.1) is 6.54 Å². The summed E-state index contributed by atoms with van der Waals surface area (Å²) in [5.74, 6) is -0.260. The maximum absolute atomic E-state index is 12.4. The summed E-state index contributed by atoms with van der Waals surface area (Å²) in [5, 5.41) is 12.2. The van der Waals surface area contributed by atoms with Crippen LogP contribution >= 0.6 is 0 Å². The van der Waals surface area contributed by atoms with E-state index in [0.717, 1.165) is 38.8 Å². The van der Waals surface area contributed by atoms with Gasteiger partial charge in [-0.15, -0.1) is 0 Å². The molecule has 1 saturated heterocycles. The van der Waals surface area contributed by atoms with Crippen LogP contribution in [-0.2, 0) is 16.0 Å². The lowest BCUT2D eigenvalue weighted by Gasteiger charge is -2.32. The number of likely N-dealkylation sites (tertiary alicyclic amines) is 1. The van der Waals surface area contributed by atoms with Crippen LogP contribution in [0.15, 0.2) is 30.3 Å². The average molecular weight is 346 g/mol. The van der Waals surface area contributed by atoms with Crippen molar-refractivity contribution in [3.63, 3.8) is 0 Å². The fourth-order valence-corrected chi connectivity index (χ4v) is 3.41. The standard InChI is InChI=1S/C20H30N2O3/c1-3-15(2)19(20(24)25)21-14-18(23)22-11-9-17(10-12-22)13-16-7-5-4-6-8-16/h4-8,15,17,19,21H,3,9-14H2,1-2H3,(H,24,25)/t15-,19-/m0/s1. The maximum atomic E-state index is 12.4. The fourth-order valence-electron chi connectivity index (χ4n) is 3.41. The van der Waals surface area contributed by atoms with Crippen LogP contribution in [0.2, 0.25) is 0 Å². The van der Waals surface area contributed by atoms with E-state index in [9.17, 15) is 14.7 Å². The smallest absolute Gasteiger partial charge is 0.320 e. The largest absolute Gasteiger partial charge is 0.480 e. The summed E-state index contributed by atoms with van der Waals surface area (Å²) < 4.78 is 0. The highest BCUT2D eigenvalue weighted by molar-refractivity contribution is 5.80. The Morgan fingerprint density at radius 2 is 1.88 bits per heavy atom. The van der Waals surface area contributed by atoms with Gasteiger partial charge in [0.15, 0.2) is 0 Å². The predicted molar refractivity (Wildman–Crippen MR) is 98.3 cm³/mol. The number of carbonyl (C=O) groups excluding carboxylic acids is 1. The second-order valence-electron chi connectivity index (χ2n) is 7.10. The molecule has 0 radical (unpaired) electrons. The number of carboxylic acids is 1. The molecule has 1 aromatic rings. The van der Waals surface area contributed by atoms with Crippen LogP contribution in [0.4, 0.5) is 0 Å². The number of amides is 1. The number of nitrogens with one attached hydrogen (secondary N) is 1. The second-order valence-corrected chi connectivity index (χ2v) is 7.10. The molecule has 0 aromatic heterocycles. The number of hydrogen-bond acceptors (Lipinski definition) is 3. The van der Waals surface area contributed by atoms with Crippen LogP contribution in [0.25, 0.3) is 0 Å². The van der Waals surface area contributed by atoms with Crippen LogP contribution in [0, 0.1) is 11.8 Å². The highest BCUT2D eigenvalue weighted by Crippen LogP contribution is 2.21. The lowest BCUT2D eigenvalue weighted by atomic mass is 9.90. The Morgan fingerprint density at radius 3 is 2.44 bits per heavy atom. The number of carboxylic acid groups (broad SMARTS) is 1. The third-order valence-corrected chi connectivity index (χ3v) is 5.29. The van der Waals surface area contributed by atoms with Crippen molar-refractivity contribution in [2.24, 2.45) is 11.8 Å². The lowest BCUT2D eigenvalue weighted by Crippen LogP contribution is -2.49. The van der Waals surface area contributed by atoms with Crippen molar-refractivity contribution in [3.05, 3.63) is 35.9 Å². The molecule has 25 heavy (non-hydrogen) atoms. The predicted octanol–water partition coefficient (Wildman–Crippen LogP) is 2.56. The van der Waals surface area contributed by atoms with E-state index in [1.165, 1.54) is 5.56 Å². The molecule has 1 fully saturated rings.